The van der Waals surface area contributed by atoms with Gasteiger partial charge in [0.2, 0.25) is 0 Å². The molecule has 2 N–H and O–H groups in total. The maximum Gasteiger partial charge on any atom is 0.340 e. The van der Waals surface area contributed by atoms with E-state index in [1.165, 1.54) is 11.5 Å². The lowest BCUT2D eigenvalue weighted by atomic mass is 10.1. The van der Waals surface area contributed by atoms with E-state index in [4.69, 9.17) is 0 Å². The molecular formula is C13H14N2O2S. The van der Waals surface area contributed by atoms with E-state index in [1.807, 2.05) is 32.0 Å². The summed E-state index contributed by atoms with van der Waals surface area (Å²) in [4.78, 5) is 11.2. The van der Waals surface area contributed by atoms with Gasteiger partial charge in [-0.1, -0.05) is 18.2 Å². The van der Waals surface area contributed by atoms with Crippen molar-refractivity contribution in [2.45, 2.75) is 20.8 Å². The van der Waals surface area contributed by atoms with Gasteiger partial charge >= 0.3 is 5.97 Å². The topological polar surface area (TPSA) is 62.2 Å². The van der Waals surface area contributed by atoms with Crippen molar-refractivity contribution in [1.29, 1.82) is 0 Å². The number of carbonyl (C=O) groups is 1. The van der Waals surface area contributed by atoms with Crippen molar-refractivity contribution in [3.05, 3.63) is 40.6 Å². The number of hydrogen-bond acceptors (Lipinski definition) is 4. The highest BCUT2D eigenvalue weighted by molar-refractivity contribution is 7.10. The van der Waals surface area contributed by atoms with Gasteiger partial charge in [0.1, 0.15) is 10.6 Å². The minimum atomic E-state index is -0.949. The molecule has 4 nitrogen and oxygen atoms in total. The monoisotopic (exact) mass is 262 g/mol. The normalized spacial score (nSPS) is 10.4. The number of para-hydroxylation sites is 1. The second-order valence-electron chi connectivity index (χ2n) is 4.17. The molecule has 94 valence electrons. The summed E-state index contributed by atoms with van der Waals surface area (Å²) in [7, 11) is 0. The quantitative estimate of drug-likeness (QED) is 0.888. The highest BCUT2D eigenvalue weighted by atomic mass is 32.1. The first-order valence-corrected chi connectivity index (χ1v) is 6.31. The average molecular weight is 262 g/mol. The summed E-state index contributed by atoms with van der Waals surface area (Å²) < 4.78 is 4.09. The number of aromatic nitrogens is 1. The molecule has 0 bridgehead atoms. The number of aryl methyl sites for hydroxylation is 3. The van der Waals surface area contributed by atoms with E-state index in [9.17, 15) is 9.90 Å². The SMILES string of the molecule is Cc1cccc(C)c1Nc1snc(C)c1C(=O)O. The van der Waals surface area contributed by atoms with Crippen molar-refractivity contribution < 1.29 is 9.90 Å². The standard InChI is InChI=1S/C13H14N2O2S/c1-7-5-4-6-8(2)11(7)14-12-10(13(16)17)9(3)15-18-12/h4-6,14H,1-3H3,(H,16,17). The number of nitrogens with zero attached hydrogens (tertiary/aromatic N) is 1. The van der Waals surface area contributed by atoms with Crippen LogP contribution in [0.4, 0.5) is 10.7 Å². The number of nitrogens with one attached hydrogen (secondary N) is 1. The van der Waals surface area contributed by atoms with Crippen LogP contribution in [0.1, 0.15) is 27.2 Å². The molecule has 0 aliphatic carbocycles. The minimum absolute atomic E-state index is 0.252. The Labute approximate surface area is 109 Å². The first-order chi connectivity index (χ1) is 8.50. The summed E-state index contributed by atoms with van der Waals surface area (Å²) in [5.74, 6) is -0.949. The van der Waals surface area contributed by atoms with Gasteiger partial charge in [0.25, 0.3) is 0 Å². The number of hydrogen-bond donors (Lipinski definition) is 2. The summed E-state index contributed by atoms with van der Waals surface area (Å²) in [6, 6.07) is 5.96. The number of benzene rings is 1. The van der Waals surface area contributed by atoms with Crippen LogP contribution in [0.5, 0.6) is 0 Å². The highest BCUT2D eigenvalue weighted by Gasteiger charge is 2.18. The Morgan fingerprint density at radius 2 is 1.89 bits per heavy atom. The summed E-state index contributed by atoms with van der Waals surface area (Å²) in [5.41, 5.74) is 3.90. The van der Waals surface area contributed by atoms with Crippen molar-refractivity contribution in [1.82, 2.24) is 4.37 Å². The van der Waals surface area contributed by atoms with Gasteiger partial charge in [-0.15, -0.1) is 0 Å². The molecule has 0 unspecified atom stereocenters. The van der Waals surface area contributed by atoms with E-state index >= 15 is 0 Å². The summed E-state index contributed by atoms with van der Waals surface area (Å²) in [5, 5.41) is 12.9. The van der Waals surface area contributed by atoms with E-state index in [0.29, 0.717) is 10.7 Å². The maximum atomic E-state index is 11.2. The molecule has 2 rings (SSSR count). The number of rotatable bonds is 3. The molecule has 1 aromatic heterocycles. The van der Waals surface area contributed by atoms with Crippen molar-refractivity contribution in [3.8, 4) is 0 Å². The molecule has 0 saturated heterocycles. The zero-order chi connectivity index (χ0) is 13.3. The molecule has 0 aliphatic heterocycles. The molecule has 0 amide bonds. The highest BCUT2D eigenvalue weighted by Crippen LogP contribution is 2.31. The third kappa shape index (κ3) is 2.22. The molecule has 18 heavy (non-hydrogen) atoms. The Morgan fingerprint density at radius 3 is 2.44 bits per heavy atom. The average Bonchev–Trinajstić information content (AvgIpc) is 2.65. The van der Waals surface area contributed by atoms with Crippen LogP contribution >= 0.6 is 11.5 Å². The Balaban J connectivity index is 2.44. The minimum Gasteiger partial charge on any atom is -0.478 e. The zero-order valence-electron chi connectivity index (χ0n) is 10.4. The molecule has 0 saturated carbocycles. The van der Waals surface area contributed by atoms with Gasteiger partial charge in [-0.25, -0.2) is 4.79 Å². The van der Waals surface area contributed by atoms with Crippen LogP contribution in [0.2, 0.25) is 0 Å². The van der Waals surface area contributed by atoms with Gasteiger partial charge in [0.05, 0.1) is 5.69 Å². The van der Waals surface area contributed by atoms with E-state index < -0.39 is 5.97 Å². The van der Waals surface area contributed by atoms with Gasteiger partial charge in [-0.2, -0.15) is 4.37 Å². The molecule has 0 spiro atoms. The molecule has 2 aromatic rings. The second kappa shape index (κ2) is 4.78. The van der Waals surface area contributed by atoms with Crippen molar-refractivity contribution in [2.24, 2.45) is 0 Å². The van der Waals surface area contributed by atoms with Crippen LogP contribution < -0.4 is 5.32 Å². The molecular weight excluding hydrogens is 248 g/mol. The smallest absolute Gasteiger partial charge is 0.340 e. The van der Waals surface area contributed by atoms with Crippen LogP contribution in [0.15, 0.2) is 18.2 Å². The fourth-order valence-electron chi connectivity index (χ4n) is 1.83. The van der Waals surface area contributed by atoms with E-state index in [1.54, 1.807) is 6.92 Å². The number of aromatic carboxylic acids is 1. The zero-order valence-corrected chi connectivity index (χ0v) is 11.3. The third-order valence-electron chi connectivity index (χ3n) is 2.80. The second-order valence-corrected chi connectivity index (χ2v) is 4.94. The predicted molar refractivity (Wildman–Crippen MR) is 73.0 cm³/mol. The first-order valence-electron chi connectivity index (χ1n) is 5.53. The van der Waals surface area contributed by atoms with Gasteiger partial charge in [0, 0.05) is 5.69 Å². The van der Waals surface area contributed by atoms with Crippen molar-refractivity contribution in [2.75, 3.05) is 5.32 Å². The Kier molecular flexibility index (Phi) is 3.34. The van der Waals surface area contributed by atoms with Crippen molar-refractivity contribution >= 4 is 28.2 Å². The number of carboxylic acids is 1. The summed E-state index contributed by atoms with van der Waals surface area (Å²) in [6.45, 7) is 5.68. The molecule has 0 aliphatic rings. The van der Waals surface area contributed by atoms with E-state index in [-0.39, 0.29) is 5.56 Å². The Bertz CT molecular complexity index is 585. The lowest BCUT2D eigenvalue weighted by molar-refractivity contribution is 0.0697. The van der Waals surface area contributed by atoms with Gasteiger partial charge < -0.3 is 10.4 Å². The van der Waals surface area contributed by atoms with Gasteiger partial charge in [-0.05, 0) is 43.4 Å². The maximum absolute atomic E-state index is 11.2. The third-order valence-corrected chi connectivity index (χ3v) is 3.65. The van der Waals surface area contributed by atoms with Crippen LogP contribution in [-0.4, -0.2) is 15.4 Å². The molecule has 0 radical (unpaired) electrons. The number of carboxylic acid groups (broad SMARTS) is 1. The lowest BCUT2D eigenvalue weighted by Crippen LogP contribution is -2.02. The van der Waals surface area contributed by atoms with Crippen LogP contribution in [0, 0.1) is 20.8 Å². The predicted octanol–water partition coefficient (Wildman–Crippen LogP) is 3.51. The van der Waals surface area contributed by atoms with Crippen LogP contribution in [0.3, 0.4) is 0 Å². The Morgan fingerprint density at radius 1 is 1.28 bits per heavy atom. The molecule has 5 heteroatoms. The molecule has 1 aromatic carbocycles. The molecule has 0 fully saturated rings. The first kappa shape index (κ1) is 12.6. The largest absolute Gasteiger partial charge is 0.478 e. The fourth-order valence-corrected chi connectivity index (χ4v) is 2.63. The molecule has 0 atom stereocenters. The number of anilines is 2. The van der Waals surface area contributed by atoms with Crippen LogP contribution in [-0.2, 0) is 0 Å². The molecule has 1 heterocycles. The van der Waals surface area contributed by atoms with Gasteiger partial charge in [-0.3, -0.25) is 0 Å². The van der Waals surface area contributed by atoms with Crippen molar-refractivity contribution in [3.63, 3.8) is 0 Å². The van der Waals surface area contributed by atoms with Gasteiger partial charge in [0.15, 0.2) is 0 Å². The lowest BCUT2D eigenvalue weighted by Gasteiger charge is -2.11. The Hall–Kier alpha value is -1.88. The fraction of sp³-hybridized carbons (Fsp3) is 0.231. The van der Waals surface area contributed by atoms with Crippen LogP contribution in [0.25, 0.3) is 0 Å². The van der Waals surface area contributed by atoms with E-state index in [0.717, 1.165) is 16.8 Å². The summed E-state index contributed by atoms with van der Waals surface area (Å²) in [6.07, 6.45) is 0. The van der Waals surface area contributed by atoms with E-state index in [2.05, 4.69) is 9.69 Å². The summed E-state index contributed by atoms with van der Waals surface area (Å²) >= 11 is 1.17.